The summed E-state index contributed by atoms with van der Waals surface area (Å²) in [6.07, 6.45) is 5.37. The van der Waals surface area contributed by atoms with Crippen molar-refractivity contribution < 1.29 is 9.59 Å². The molecule has 1 aliphatic rings. The van der Waals surface area contributed by atoms with Crippen LogP contribution in [0.4, 0.5) is 11.4 Å². The minimum atomic E-state index is -0.497. The molecular formula is C17H21N5O2. The lowest BCUT2D eigenvalue weighted by atomic mass is 10.1. The Morgan fingerprint density at radius 2 is 1.96 bits per heavy atom. The molecular weight excluding hydrogens is 306 g/mol. The quantitative estimate of drug-likeness (QED) is 0.753. The van der Waals surface area contributed by atoms with Crippen molar-refractivity contribution in [2.24, 2.45) is 13.0 Å². The lowest BCUT2D eigenvalue weighted by Gasteiger charge is -2.15. The third-order valence-corrected chi connectivity index (χ3v) is 3.95. The fourth-order valence-electron chi connectivity index (χ4n) is 2.52. The molecule has 1 atom stereocenters. The maximum Gasteiger partial charge on any atom is 0.246 e. The molecule has 0 bridgehead atoms. The van der Waals surface area contributed by atoms with Crippen LogP contribution in [0.3, 0.4) is 0 Å². The number of amides is 2. The van der Waals surface area contributed by atoms with Gasteiger partial charge < -0.3 is 16.0 Å². The number of carbonyl (C=O) groups excluding carboxylic acids is 2. The zero-order valence-electron chi connectivity index (χ0n) is 13.7. The van der Waals surface area contributed by atoms with Gasteiger partial charge in [0, 0.05) is 36.1 Å². The highest BCUT2D eigenvalue weighted by molar-refractivity contribution is 5.97. The fourth-order valence-corrected chi connectivity index (χ4v) is 2.52. The molecule has 2 aromatic rings. The number of nitrogens with one attached hydrogen (secondary N) is 3. The molecule has 126 valence electrons. The summed E-state index contributed by atoms with van der Waals surface area (Å²) in [4.78, 5) is 24.3. The first-order chi connectivity index (χ1) is 11.6. The molecule has 1 saturated carbocycles. The van der Waals surface area contributed by atoms with E-state index in [4.69, 9.17) is 0 Å². The van der Waals surface area contributed by atoms with Gasteiger partial charge in [0.15, 0.2) is 0 Å². The molecule has 0 aliphatic heterocycles. The van der Waals surface area contributed by atoms with E-state index in [-0.39, 0.29) is 17.7 Å². The topological polar surface area (TPSA) is 88.1 Å². The van der Waals surface area contributed by atoms with Crippen molar-refractivity contribution in [3.63, 3.8) is 0 Å². The van der Waals surface area contributed by atoms with Crippen LogP contribution in [0, 0.1) is 5.92 Å². The summed E-state index contributed by atoms with van der Waals surface area (Å²) in [6, 6.07) is 6.67. The summed E-state index contributed by atoms with van der Waals surface area (Å²) in [6.45, 7) is 0. The second-order valence-corrected chi connectivity index (χ2v) is 6.00. The molecule has 1 aliphatic carbocycles. The highest BCUT2D eigenvalue weighted by Crippen LogP contribution is 2.30. The van der Waals surface area contributed by atoms with Gasteiger partial charge in [-0.05, 0) is 38.1 Å². The number of aromatic nitrogens is 2. The van der Waals surface area contributed by atoms with E-state index in [1.807, 2.05) is 6.07 Å². The largest absolute Gasteiger partial charge is 0.326 e. The molecule has 1 aromatic carbocycles. The first-order valence-electron chi connectivity index (χ1n) is 7.94. The van der Waals surface area contributed by atoms with Gasteiger partial charge in [0.05, 0.1) is 6.20 Å². The van der Waals surface area contributed by atoms with E-state index in [1.54, 1.807) is 49.4 Å². The molecule has 1 heterocycles. The van der Waals surface area contributed by atoms with Gasteiger partial charge in [-0.25, -0.2) is 0 Å². The number of hydrogen-bond donors (Lipinski definition) is 3. The average molecular weight is 327 g/mol. The normalized spacial score (nSPS) is 14.9. The van der Waals surface area contributed by atoms with Crippen molar-refractivity contribution in [1.29, 1.82) is 0 Å². The van der Waals surface area contributed by atoms with E-state index in [9.17, 15) is 9.59 Å². The predicted molar refractivity (Wildman–Crippen MR) is 91.4 cm³/mol. The van der Waals surface area contributed by atoms with E-state index in [0.717, 1.165) is 18.4 Å². The van der Waals surface area contributed by atoms with Gasteiger partial charge >= 0.3 is 0 Å². The zero-order chi connectivity index (χ0) is 17.1. The Morgan fingerprint density at radius 1 is 1.25 bits per heavy atom. The highest BCUT2D eigenvalue weighted by atomic mass is 16.2. The van der Waals surface area contributed by atoms with E-state index in [1.165, 1.54) is 0 Å². The smallest absolute Gasteiger partial charge is 0.246 e. The third-order valence-electron chi connectivity index (χ3n) is 3.95. The number of benzene rings is 1. The number of nitrogens with zero attached hydrogens (tertiary/aromatic N) is 2. The Bertz CT molecular complexity index is 751. The van der Waals surface area contributed by atoms with Crippen LogP contribution in [-0.4, -0.2) is 28.6 Å². The first-order valence-corrected chi connectivity index (χ1v) is 7.94. The van der Waals surface area contributed by atoms with Crippen LogP contribution in [-0.2, 0) is 16.6 Å². The van der Waals surface area contributed by atoms with Crippen molar-refractivity contribution >= 4 is 23.2 Å². The van der Waals surface area contributed by atoms with Crippen molar-refractivity contribution in [3.05, 3.63) is 42.2 Å². The van der Waals surface area contributed by atoms with Crippen molar-refractivity contribution in [2.75, 3.05) is 17.7 Å². The van der Waals surface area contributed by atoms with Gasteiger partial charge in [0.1, 0.15) is 6.04 Å². The van der Waals surface area contributed by atoms with E-state index < -0.39 is 6.04 Å². The second kappa shape index (κ2) is 6.84. The fraction of sp³-hybridized carbons (Fsp3) is 0.353. The molecule has 2 amide bonds. The number of anilines is 2. The molecule has 7 heteroatoms. The third kappa shape index (κ3) is 3.80. The zero-order valence-corrected chi connectivity index (χ0v) is 13.7. The number of hydrogen-bond acceptors (Lipinski definition) is 4. The van der Waals surface area contributed by atoms with Crippen LogP contribution in [0.1, 0.15) is 24.4 Å². The summed E-state index contributed by atoms with van der Waals surface area (Å²) in [7, 11) is 3.53. The van der Waals surface area contributed by atoms with Crippen LogP contribution >= 0.6 is 0 Å². The van der Waals surface area contributed by atoms with Gasteiger partial charge in [-0.1, -0.05) is 6.07 Å². The standard InChI is InChI=1S/C17H21N5O2/c1-18-15(12-9-19-22(2)10-12)17(24)21-14-5-3-4-13(8-14)20-16(23)11-6-7-11/h3-5,8-11,15,18H,6-7H2,1-2H3,(H,20,23)(H,21,24). The molecule has 0 spiro atoms. The molecule has 7 nitrogen and oxygen atoms in total. The maximum atomic E-state index is 12.5. The van der Waals surface area contributed by atoms with E-state index in [2.05, 4.69) is 21.0 Å². The van der Waals surface area contributed by atoms with Crippen LogP contribution in [0.2, 0.25) is 0 Å². The van der Waals surface area contributed by atoms with Gasteiger partial charge in [-0.3, -0.25) is 14.3 Å². The van der Waals surface area contributed by atoms with E-state index in [0.29, 0.717) is 11.4 Å². The van der Waals surface area contributed by atoms with Gasteiger partial charge in [0.25, 0.3) is 0 Å². The molecule has 0 saturated heterocycles. The number of likely N-dealkylation sites (N-methyl/N-ethyl adjacent to an activating group) is 1. The summed E-state index contributed by atoms with van der Waals surface area (Å²) in [5.41, 5.74) is 2.11. The Kier molecular flexibility index (Phi) is 4.61. The summed E-state index contributed by atoms with van der Waals surface area (Å²) < 4.78 is 1.65. The lowest BCUT2D eigenvalue weighted by molar-refractivity contribution is -0.118. The van der Waals surface area contributed by atoms with Crippen molar-refractivity contribution in [3.8, 4) is 0 Å². The summed E-state index contributed by atoms with van der Waals surface area (Å²) in [5, 5.41) is 12.8. The molecule has 24 heavy (non-hydrogen) atoms. The average Bonchev–Trinajstić information content (AvgIpc) is 3.31. The Morgan fingerprint density at radius 3 is 2.54 bits per heavy atom. The molecule has 1 unspecified atom stereocenters. The maximum absolute atomic E-state index is 12.5. The van der Waals surface area contributed by atoms with Crippen molar-refractivity contribution in [1.82, 2.24) is 15.1 Å². The Labute approximate surface area is 140 Å². The number of carbonyl (C=O) groups is 2. The first kappa shape index (κ1) is 16.2. The monoisotopic (exact) mass is 327 g/mol. The second-order valence-electron chi connectivity index (χ2n) is 6.00. The van der Waals surface area contributed by atoms with Gasteiger partial charge in [-0.15, -0.1) is 0 Å². The summed E-state index contributed by atoms with van der Waals surface area (Å²) >= 11 is 0. The van der Waals surface area contributed by atoms with Gasteiger partial charge in [0.2, 0.25) is 11.8 Å². The molecule has 3 rings (SSSR count). The van der Waals surface area contributed by atoms with Crippen molar-refractivity contribution in [2.45, 2.75) is 18.9 Å². The molecule has 3 N–H and O–H groups in total. The Balaban J connectivity index is 1.67. The van der Waals surface area contributed by atoms with Crippen LogP contribution in [0.25, 0.3) is 0 Å². The predicted octanol–water partition coefficient (Wildman–Crippen LogP) is 1.67. The highest BCUT2D eigenvalue weighted by Gasteiger charge is 2.29. The SMILES string of the molecule is CNC(C(=O)Nc1cccc(NC(=O)C2CC2)c1)c1cnn(C)c1. The summed E-state index contributed by atoms with van der Waals surface area (Å²) in [5.74, 6) is 0.000562. The minimum absolute atomic E-state index is 0.0435. The Hall–Kier alpha value is -2.67. The number of aryl methyl sites for hydroxylation is 1. The van der Waals surface area contributed by atoms with Crippen LogP contribution in [0.5, 0.6) is 0 Å². The van der Waals surface area contributed by atoms with E-state index >= 15 is 0 Å². The van der Waals surface area contributed by atoms with Crippen LogP contribution < -0.4 is 16.0 Å². The molecule has 1 fully saturated rings. The molecule has 0 radical (unpaired) electrons. The van der Waals surface area contributed by atoms with Gasteiger partial charge in [-0.2, -0.15) is 5.10 Å². The minimum Gasteiger partial charge on any atom is -0.326 e. The number of rotatable bonds is 6. The molecule has 1 aromatic heterocycles. The lowest BCUT2D eigenvalue weighted by Crippen LogP contribution is -2.30. The van der Waals surface area contributed by atoms with Crippen LogP contribution in [0.15, 0.2) is 36.7 Å².